The number of Topliss-reactive ketones (excluding diaryl/α,β-unsaturated/α-hetero) is 1. The molecule has 0 unspecified atom stereocenters. The summed E-state index contributed by atoms with van der Waals surface area (Å²) >= 11 is 7.49. The van der Waals surface area contributed by atoms with Gasteiger partial charge in [-0.05, 0) is 12.8 Å². The van der Waals surface area contributed by atoms with Crippen LogP contribution in [0.25, 0.3) is 0 Å². The number of hydrogen-bond acceptors (Lipinski definition) is 7. The van der Waals surface area contributed by atoms with Crippen molar-refractivity contribution < 1.29 is 19.5 Å². The van der Waals surface area contributed by atoms with E-state index in [2.05, 4.69) is 0 Å². The summed E-state index contributed by atoms with van der Waals surface area (Å²) in [5, 5.41) is 9.54. The Morgan fingerprint density at radius 3 is 2.64 bits per heavy atom. The highest BCUT2D eigenvalue weighted by Gasteiger charge is 2.41. The third-order valence-corrected chi connectivity index (χ3v) is 6.48. The van der Waals surface area contributed by atoms with Crippen LogP contribution in [0.5, 0.6) is 0 Å². The smallest absolute Gasteiger partial charge is 0.323 e. The van der Waals surface area contributed by atoms with Crippen molar-refractivity contribution >= 4 is 57.7 Å². The number of rotatable bonds is 2. The van der Waals surface area contributed by atoms with Gasteiger partial charge in [-0.1, -0.05) is 35.7 Å². The number of thioether (sulfide) groups is 2. The lowest BCUT2D eigenvalue weighted by Crippen LogP contribution is -2.33. The van der Waals surface area contributed by atoms with Crippen molar-refractivity contribution in [3.8, 4) is 0 Å². The zero-order valence-corrected chi connectivity index (χ0v) is 14.1. The summed E-state index contributed by atoms with van der Waals surface area (Å²) in [6.07, 6.45) is 2.16. The predicted octanol–water partition coefficient (Wildman–Crippen LogP) is 1.74. The molecular formula is C13H12N2O4S3. The zero-order chi connectivity index (χ0) is 16.0. The van der Waals surface area contributed by atoms with E-state index >= 15 is 0 Å². The molecule has 9 heteroatoms. The van der Waals surface area contributed by atoms with E-state index in [9.17, 15) is 14.4 Å². The molecule has 0 radical (unpaired) electrons. The molecule has 1 amide bonds. The highest BCUT2D eigenvalue weighted by Crippen LogP contribution is 2.49. The molecule has 116 valence electrons. The van der Waals surface area contributed by atoms with Gasteiger partial charge in [0.1, 0.15) is 15.8 Å². The Morgan fingerprint density at radius 2 is 2.00 bits per heavy atom. The number of thiocarbonyl (C=S) groups is 1. The van der Waals surface area contributed by atoms with Gasteiger partial charge in [0.15, 0.2) is 5.78 Å². The lowest BCUT2D eigenvalue weighted by molar-refractivity contribution is -0.140. The number of aliphatic carboxylic acids is 1. The van der Waals surface area contributed by atoms with E-state index in [-0.39, 0.29) is 10.1 Å². The third kappa shape index (κ3) is 2.46. The Kier molecular flexibility index (Phi) is 4.04. The first-order valence-electron chi connectivity index (χ1n) is 6.58. The molecule has 2 heterocycles. The largest absolute Gasteiger partial charge is 0.480 e. The molecule has 1 N–H and O–H groups in total. The molecule has 0 saturated carbocycles. The molecule has 0 bridgehead atoms. The van der Waals surface area contributed by atoms with Crippen molar-refractivity contribution in [2.75, 3.05) is 13.6 Å². The fourth-order valence-corrected chi connectivity index (χ4v) is 5.22. The van der Waals surface area contributed by atoms with Crippen LogP contribution in [-0.4, -0.2) is 50.5 Å². The number of carbonyl (C=O) groups excluding carboxylic acids is 2. The van der Waals surface area contributed by atoms with Gasteiger partial charge >= 0.3 is 5.97 Å². The molecule has 1 fully saturated rings. The average molecular weight is 356 g/mol. The van der Waals surface area contributed by atoms with Crippen LogP contribution in [-0.2, 0) is 14.4 Å². The van der Waals surface area contributed by atoms with Crippen molar-refractivity contribution in [3.05, 3.63) is 20.5 Å². The van der Waals surface area contributed by atoms with Crippen LogP contribution in [0.3, 0.4) is 0 Å². The first kappa shape index (κ1) is 15.6. The maximum atomic E-state index is 12.4. The van der Waals surface area contributed by atoms with E-state index < -0.39 is 18.4 Å². The van der Waals surface area contributed by atoms with Crippen molar-refractivity contribution in [3.63, 3.8) is 0 Å². The standard InChI is InChI=1S/C13H12N2O4S3/c1-14-6-3-2-4-7(16)9(6)21-12(14)10-11(19)15(5-8(17)18)13(20)22-10/h2-5H2,1H3,(H,17,18)/b12-10+. The van der Waals surface area contributed by atoms with E-state index in [4.69, 9.17) is 17.3 Å². The summed E-state index contributed by atoms with van der Waals surface area (Å²) in [6.45, 7) is -0.443. The Bertz CT molecular complexity index is 683. The maximum Gasteiger partial charge on any atom is 0.323 e. The number of amides is 1. The Hall–Kier alpha value is -1.32. The molecule has 0 spiro atoms. The number of carboxylic acids is 1. The molecule has 6 nitrogen and oxygen atoms in total. The van der Waals surface area contributed by atoms with E-state index in [1.807, 2.05) is 11.9 Å². The lowest BCUT2D eigenvalue weighted by atomic mass is 10.0. The number of ketones is 1. The second-order valence-corrected chi connectivity index (χ2v) is 7.64. The number of allylic oxidation sites excluding steroid dienone is 2. The highest BCUT2D eigenvalue weighted by atomic mass is 32.2. The van der Waals surface area contributed by atoms with Crippen LogP contribution in [0.1, 0.15) is 19.3 Å². The van der Waals surface area contributed by atoms with Gasteiger partial charge in [0.2, 0.25) is 0 Å². The molecule has 0 atom stereocenters. The van der Waals surface area contributed by atoms with Gasteiger partial charge in [-0.3, -0.25) is 19.3 Å². The Morgan fingerprint density at radius 1 is 1.27 bits per heavy atom. The van der Waals surface area contributed by atoms with Crippen LogP contribution in [0.15, 0.2) is 20.5 Å². The van der Waals surface area contributed by atoms with Gasteiger partial charge in [0, 0.05) is 19.2 Å². The van der Waals surface area contributed by atoms with Crippen molar-refractivity contribution in [2.24, 2.45) is 0 Å². The topological polar surface area (TPSA) is 77.9 Å². The molecule has 0 aromatic rings. The summed E-state index contributed by atoms with van der Waals surface area (Å²) in [4.78, 5) is 39.3. The number of nitrogens with zero attached hydrogens (tertiary/aromatic N) is 2. The Balaban J connectivity index is 1.93. The number of carbonyl (C=O) groups is 3. The summed E-state index contributed by atoms with van der Waals surface area (Å²) in [5.41, 5.74) is 0.944. The quantitative estimate of drug-likeness (QED) is 0.592. The van der Waals surface area contributed by atoms with Gasteiger partial charge in [0.25, 0.3) is 5.91 Å². The van der Waals surface area contributed by atoms with Crippen molar-refractivity contribution in [2.45, 2.75) is 19.3 Å². The van der Waals surface area contributed by atoms with Crippen LogP contribution >= 0.6 is 35.7 Å². The predicted molar refractivity (Wildman–Crippen MR) is 87.8 cm³/mol. The molecule has 0 aromatic heterocycles. The molecule has 1 aliphatic carbocycles. The van der Waals surface area contributed by atoms with Crippen LogP contribution in [0.2, 0.25) is 0 Å². The lowest BCUT2D eigenvalue weighted by Gasteiger charge is -2.20. The monoisotopic (exact) mass is 356 g/mol. The molecule has 1 saturated heterocycles. The minimum atomic E-state index is -1.11. The molecule has 2 aliphatic heterocycles. The summed E-state index contributed by atoms with van der Waals surface area (Å²) < 4.78 is 0.236. The summed E-state index contributed by atoms with van der Waals surface area (Å²) in [5.74, 6) is -1.41. The number of hydrogen-bond donors (Lipinski definition) is 1. The molecular weight excluding hydrogens is 344 g/mol. The van der Waals surface area contributed by atoms with Gasteiger partial charge in [-0.2, -0.15) is 0 Å². The first-order valence-corrected chi connectivity index (χ1v) is 8.62. The SMILES string of the molecule is CN1C2=C(S/C1=C1/SC(=S)N(CC(=O)O)C1=O)C(=O)CCC2. The van der Waals surface area contributed by atoms with Gasteiger partial charge in [-0.25, -0.2) is 0 Å². The summed E-state index contributed by atoms with van der Waals surface area (Å²) in [7, 11) is 1.83. The minimum Gasteiger partial charge on any atom is -0.480 e. The molecule has 3 aliphatic rings. The van der Waals surface area contributed by atoms with Crippen molar-refractivity contribution in [1.82, 2.24) is 9.80 Å². The molecule has 0 aromatic carbocycles. The van der Waals surface area contributed by atoms with Crippen molar-refractivity contribution in [1.29, 1.82) is 0 Å². The fraction of sp³-hybridized carbons (Fsp3) is 0.385. The van der Waals surface area contributed by atoms with Crippen LogP contribution < -0.4 is 0 Å². The van der Waals surface area contributed by atoms with Gasteiger partial charge in [-0.15, -0.1) is 0 Å². The van der Waals surface area contributed by atoms with Gasteiger partial charge < -0.3 is 10.0 Å². The minimum absolute atomic E-state index is 0.106. The normalized spacial score (nSPS) is 25.4. The van der Waals surface area contributed by atoms with Crippen LogP contribution in [0, 0.1) is 0 Å². The second-order valence-electron chi connectivity index (χ2n) is 5.00. The third-order valence-electron chi connectivity index (χ3n) is 3.58. The Labute approximate surface area is 140 Å². The summed E-state index contributed by atoms with van der Waals surface area (Å²) in [6, 6.07) is 0. The number of carboxylic acid groups (broad SMARTS) is 1. The second kappa shape index (κ2) is 5.71. The van der Waals surface area contributed by atoms with Crippen LogP contribution in [0.4, 0.5) is 0 Å². The first-order chi connectivity index (χ1) is 10.4. The van der Waals surface area contributed by atoms with E-state index in [0.29, 0.717) is 21.3 Å². The van der Waals surface area contributed by atoms with E-state index in [0.717, 1.165) is 35.2 Å². The zero-order valence-electron chi connectivity index (χ0n) is 11.6. The van der Waals surface area contributed by atoms with E-state index in [1.165, 1.54) is 11.8 Å². The highest BCUT2D eigenvalue weighted by molar-refractivity contribution is 8.27. The average Bonchev–Trinajstić information content (AvgIpc) is 2.92. The molecule has 3 rings (SSSR count). The maximum absolute atomic E-state index is 12.4. The fourth-order valence-electron chi connectivity index (χ4n) is 2.52. The van der Waals surface area contributed by atoms with Gasteiger partial charge in [0.05, 0.1) is 9.93 Å². The molecule has 22 heavy (non-hydrogen) atoms. The van der Waals surface area contributed by atoms with E-state index in [1.54, 1.807) is 0 Å².